The van der Waals surface area contributed by atoms with Crippen LogP contribution in [0.15, 0.2) is 42.5 Å². The number of hydrogen-bond donors (Lipinski definition) is 1. The summed E-state index contributed by atoms with van der Waals surface area (Å²) in [6, 6.07) is 10.6. The molecule has 0 amide bonds. The lowest BCUT2D eigenvalue weighted by atomic mass is 9.77. The molecule has 2 aromatic rings. The fraction of sp³-hybridized carbons (Fsp3) is 0.417. The maximum atomic E-state index is 5.87. The Balaban J connectivity index is 1.72. The first-order valence-corrected chi connectivity index (χ1v) is 10.2. The van der Waals surface area contributed by atoms with Crippen molar-refractivity contribution < 1.29 is 18.9 Å². The lowest BCUT2D eigenvalue weighted by Gasteiger charge is -2.38. The van der Waals surface area contributed by atoms with Crippen molar-refractivity contribution in [1.29, 1.82) is 0 Å². The van der Waals surface area contributed by atoms with Crippen LogP contribution in [0.5, 0.6) is 23.0 Å². The summed E-state index contributed by atoms with van der Waals surface area (Å²) in [5, 5.41) is 3.76. The number of methoxy groups -OCH3 is 3. The van der Waals surface area contributed by atoms with Crippen LogP contribution in [0, 0.1) is 5.92 Å². The van der Waals surface area contributed by atoms with Crippen molar-refractivity contribution in [3.63, 3.8) is 0 Å². The molecule has 1 heterocycles. The molecule has 0 radical (unpaired) electrons. The molecule has 1 aliphatic carbocycles. The monoisotopic (exact) mass is 395 g/mol. The molecule has 0 aromatic heterocycles. The van der Waals surface area contributed by atoms with Gasteiger partial charge in [-0.3, -0.25) is 0 Å². The van der Waals surface area contributed by atoms with Gasteiger partial charge < -0.3 is 24.3 Å². The largest absolute Gasteiger partial charge is 0.494 e. The predicted octanol–water partition coefficient (Wildman–Crippen LogP) is 5.33. The van der Waals surface area contributed by atoms with Crippen molar-refractivity contribution >= 4 is 5.69 Å². The molecule has 154 valence electrons. The van der Waals surface area contributed by atoms with Gasteiger partial charge in [-0.2, -0.15) is 0 Å². The Bertz CT molecular complexity index is 883. The van der Waals surface area contributed by atoms with Gasteiger partial charge in [-0.15, -0.1) is 0 Å². The number of nitrogens with one attached hydrogen (secondary N) is 1. The molecule has 3 unspecified atom stereocenters. The van der Waals surface area contributed by atoms with Gasteiger partial charge in [0.2, 0.25) is 5.75 Å². The maximum Gasteiger partial charge on any atom is 0.203 e. The Morgan fingerprint density at radius 3 is 2.41 bits per heavy atom. The van der Waals surface area contributed by atoms with Crippen molar-refractivity contribution in [3.05, 3.63) is 53.6 Å². The summed E-state index contributed by atoms with van der Waals surface area (Å²) in [5.41, 5.74) is 3.59. The van der Waals surface area contributed by atoms with Crippen LogP contribution >= 0.6 is 0 Å². The minimum absolute atomic E-state index is 0.151. The van der Waals surface area contributed by atoms with E-state index in [-0.39, 0.29) is 6.04 Å². The van der Waals surface area contributed by atoms with Crippen LogP contribution in [0.3, 0.4) is 0 Å². The zero-order valence-electron chi connectivity index (χ0n) is 17.5. The van der Waals surface area contributed by atoms with Crippen LogP contribution in [-0.2, 0) is 0 Å². The first-order chi connectivity index (χ1) is 14.2. The van der Waals surface area contributed by atoms with E-state index >= 15 is 0 Å². The highest BCUT2D eigenvalue weighted by Gasteiger charge is 2.38. The average Bonchev–Trinajstić information content (AvgIpc) is 3.26. The van der Waals surface area contributed by atoms with Crippen molar-refractivity contribution in [2.45, 2.75) is 31.7 Å². The van der Waals surface area contributed by atoms with Crippen molar-refractivity contribution in [1.82, 2.24) is 0 Å². The van der Waals surface area contributed by atoms with Gasteiger partial charge >= 0.3 is 0 Å². The summed E-state index contributed by atoms with van der Waals surface area (Å²) in [7, 11) is 4.94. The lowest BCUT2D eigenvalue weighted by molar-refractivity contribution is 0.316. The topological polar surface area (TPSA) is 49.0 Å². The van der Waals surface area contributed by atoms with Gasteiger partial charge in [0, 0.05) is 11.6 Å². The summed E-state index contributed by atoms with van der Waals surface area (Å²) >= 11 is 0. The van der Waals surface area contributed by atoms with Gasteiger partial charge in [-0.25, -0.2) is 0 Å². The number of fused-ring (bicyclic) bond motifs is 3. The molecular formula is C24H29NO4. The highest BCUT2D eigenvalue weighted by atomic mass is 16.5. The fourth-order valence-corrected chi connectivity index (χ4v) is 4.49. The molecule has 2 aliphatic rings. The minimum Gasteiger partial charge on any atom is -0.494 e. The van der Waals surface area contributed by atoms with Gasteiger partial charge in [0.15, 0.2) is 11.5 Å². The summed E-state index contributed by atoms with van der Waals surface area (Å²) in [6.45, 7) is 2.86. The Labute approximate surface area is 172 Å². The van der Waals surface area contributed by atoms with Gasteiger partial charge in [0.05, 0.1) is 34.0 Å². The van der Waals surface area contributed by atoms with Gasteiger partial charge in [0.1, 0.15) is 5.75 Å². The molecule has 0 spiro atoms. The third kappa shape index (κ3) is 3.50. The number of ether oxygens (including phenoxy) is 4. The molecule has 3 atom stereocenters. The fourth-order valence-electron chi connectivity index (χ4n) is 4.49. The molecule has 1 aliphatic heterocycles. The van der Waals surface area contributed by atoms with E-state index in [1.54, 1.807) is 21.3 Å². The molecule has 5 heteroatoms. The van der Waals surface area contributed by atoms with Crippen LogP contribution in [-0.4, -0.2) is 27.9 Å². The van der Waals surface area contributed by atoms with Crippen LogP contribution in [0.2, 0.25) is 0 Å². The van der Waals surface area contributed by atoms with Gasteiger partial charge in [-0.1, -0.05) is 19.1 Å². The SMILES string of the molecule is CCCOc1ccc2c(c1)C1C=CCC1C(c1cc(OC)c(OC)c(OC)c1)N2. The van der Waals surface area contributed by atoms with E-state index in [4.69, 9.17) is 18.9 Å². The first-order valence-electron chi connectivity index (χ1n) is 10.2. The zero-order chi connectivity index (χ0) is 20.4. The summed E-state index contributed by atoms with van der Waals surface area (Å²) in [6.07, 6.45) is 6.65. The van der Waals surface area contributed by atoms with Crippen LogP contribution in [0.25, 0.3) is 0 Å². The molecule has 4 rings (SSSR count). The summed E-state index contributed by atoms with van der Waals surface area (Å²) < 4.78 is 22.5. The molecule has 1 N–H and O–H groups in total. The molecule has 0 fully saturated rings. The smallest absolute Gasteiger partial charge is 0.203 e. The Kier molecular flexibility index (Phi) is 5.56. The number of benzene rings is 2. The minimum atomic E-state index is 0.151. The number of allylic oxidation sites excluding steroid dienone is 2. The molecule has 29 heavy (non-hydrogen) atoms. The second-order valence-electron chi connectivity index (χ2n) is 7.53. The van der Waals surface area contributed by atoms with Gasteiger partial charge in [-0.05, 0) is 60.2 Å². The van der Waals surface area contributed by atoms with Crippen LogP contribution in [0.1, 0.15) is 42.9 Å². The normalized spacial score (nSPS) is 21.7. The van der Waals surface area contributed by atoms with Gasteiger partial charge in [0.25, 0.3) is 0 Å². The Morgan fingerprint density at radius 2 is 1.76 bits per heavy atom. The van der Waals surface area contributed by atoms with E-state index in [1.165, 1.54) is 5.56 Å². The third-order valence-electron chi connectivity index (χ3n) is 5.85. The number of hydrogen-bond acceptors (Lipinski definition) is 5. The standard InChI is InChI=1S/C24H29NO4/c1-5-11-29-16-9-10-20-19(14-16)17-7-6-8-18(17)23(25-20)15-12-21(26-2)24(28-4)22(13-15)27-3/h6-7,9-10,12-14,17-18,23,25H,5,8,11H2,1-4H3. The van der Waals surface area contributed by atoms with E-state index < -0.39 is 0 Å². The number of anilines is 1. The molecule has 2 aromatic carbocycles. The molecule has 0 saturated carbocycles. The molecular weight excluding hydrogens is 366 g/mol. The van der Waals surface area contributed by atoms with Crippen LogP contribution in [0.4, 0.5) is 5.69 Å². The molecule has 0 bridgehead atoms. The molecule has 5 nitrogen and oxygen atoms in total. The average molecular weight is 395 g/mol. The second-order valence-corrected chi connectivity index (χ2v) is 7.53. The summed E-state index contributed by atoms with van der Waals surface area (Å²) in [4.78, 5) is 0. The van der Waals surface area contributed by atoms with E-state index in [9.17, 15) is 0 Å². The van der Waals surface area contributed by atoms with Crippen molar-refractivity contribution in [2.24, 2.45) is 5.92 Å². The first kappa shape index (κ1) is 19.5. The third-order valence-corrected chi connectivity index (χ3v) is 5.85. The van der Waals surface area contributed by atoms with E-state index in [2.05, 4.69) is 48.7 Å². The van der Waals surface area contributed by atoms with E-state index in [0.29, 0.717) is 29.1 Å². The van der Waals surface area contributed by atoms with Crippen molar-refractivity contribution in [2.75, 3.05) is 33.3 Å². The highest BCUT2D eigenvalue weighted by molar-refractivity contribution is 5.63. The predicted molar refractivity (Wildman–Crippen MR) is 115 cm³/mol. The Morgan fingerprint density at radius 1 is 1.00 bits per heavy atom. The summed E-state index contributed by atoms with van der Waals surface area (Å²) in [5.74, 6) is 3.71. The number of rotatable bonds is 7. The lowest BCUT2D eigenvalue weighted by Crippen LogP contribution is -2.29. The van der Waals surface area contributed by atoms with E-state index in [0.717, 1.165) is 36.4 Å². The zero-order valence-corrected chi connectivity index (χ0v) is 17.5. The molecule has 0 saturated heterocycles. The second kappa shape index (κ2) is 8.27. The Hall–Kier alpha value is -2.82. The van der Waals surface area contributed by atoms with Crippen molar-refractivity contribution in [3.8, 4) is 23.0 Å². The van der Waals surface area contributed by atoms with E-state index in [1.807, 2.05) is 6.07 Å². The maximum absolute atomic E-state index is 5.87. The van der Waals surface area contributed by atoms with Crippen LogP contribution < -0.4 is 24.3 Å². The quantitative estimate of drug-likeness (QED) is 0.642. The highest BCUT2D eigenvalue weighted by Crippen LogP contribution is 2.52.